The van der Waals surface area contributed by atoms with Crippen molar-refractivity contribution >= 4 is 23.4 Å². The normalized spacial score (nSPS) is 18.0. The number of carbonyl (C=O) groups is 2. The van der Waals surface area contributed by atoms with Crippen molar-refractivity contribution in [1.29, 1.82) is 0 Å². The summed E-state index contributed by atoms with van der Waals surface area (Å²) in [6.07, 6.45) is 0.680. The summed E-state index contributed by atoms with van der Waals surface area (Å²) >= 11 is 5.64. The second-order valence-electron chi connectivity index (χ2n) is 3.77. The van der Waals surface area contributed by atoms with E-state index in [1.807, 2.05) is 0 Å². The monoisotopic (exact) mass is 243 g/mol. The molecule has 0 atom stereocenters. The summed E-state index contributed by atoms with van der Waals surface area (Å²) in [5, 5.41) is 9.23. The van der Waals surface area contributed by atoms with Gasteiger partial charge in [0.1, 0.15) is 11.2 Å². The summed E-state index contributed by atoms with van der Waals surface area (Å²) in [5.41, 5.74) is -1.61. The molecule has 0 saturated heterocycles. The first-order valence-corrected chi connectivity index (χ1v) is 4.90. The maximum Gasteiger partial charge on any atom is 0.315 e. The van der Waals surface area contributed by atoms with Crippen molar-refractivity contribution in [3.05, 3.63) is 28.8 Å². The molecule has 2 rings (SSSR count). The second-order valence-corrected chi connectivity index (χ2v) is 4.21. The number of aliphatic carboxylic acids is 1. The van der Waals surface area contributed by atoms with E-state index < -0.39 is 17.3 Å². The molecule has 1 aromatic heterocycles. The Bertz CT molecular complexity index is 481. The van der Waals surface area contributed by atoms with Crippen LogP contribution in [0.5, 0.6) is 0 Å². The summed E-state index contributed by atoms with van der Waals surface area (Å²) in [5.74, 6) is -2.32. The zero-order valence-corrected chi connectivity index (χ0v) is 8.79. The molecule has 0 aliphatic heterocycles. The molecule has 1 N–H and O–H groups in total. The van der Waals surface area contributed by atoms with E-state index in [0.717, 1.165) is 6.20 Å². The number of aromatic nitrogens is 1. The maximum absolute atomic E-state index is 13.4. The van der Waals surface area contributed by atoms with Crippen LogP contribution in [0.2, 0.25) is 5.02 Å². The van der Waals surface area contributed by atoms with Gasteiger partial charge in [0.25, 0.3) is 0 Å². The van der Waals surface area contributed by atoms with E-state index in [9.17, 15) is 14.0 Å². The van der Waals surface area contributed by atoms with Gasteiger partial charge in [-0.1, -0.05) is 11.6 Å². The van der Waals surface area contributed by atoms with Gasteiger partial charge in [-0.15, -0.1) is 0 Å². The SMILES string of the molecule is O=C1CC(C(=O)O)(c2cc(Cl)cnc2F)C1. The predicted molar refractivity (Wildman–Crippen MR) is 52.8 cm³/mol. The molecular formula is C10H7ClFNO3. The van der Waals surface area contributed by atoms with Crippen molar-refractivity contribution in [2.45, 2.75) is 18.3 Å². The molecule has 0 unspecified atom stereocenters. The summed E-state index contributed by atoms with van der Waals surface area (Å²) in [7, 11) is 0. The number of ketones is 1. The molecule has 1 saturated carbocycles. The molecule has 1 fully saturated rings. The first-order valence-electron chi connectivity index (χ1n) is 4.52. The van der Waals surface area contributed by atoms with Gasteiger partial charge in [-0.3, -0.25) is 9.59 Å². The van der Waals surface area contributed by atoms with Crippen molar-refractivity contribution in [2.75, 3.05) is 0 Å². The quantitative estimate of drug-likeness (QED) is 0.801. The van der Waals surface area contributed by atoms with E-state index in [1.165, 1.54) is 6.07 Å². The molecule has 1 aromatic rings. The number of hydrogen-bond acceptors (Lipinski definition) is 3. The lowest BCUT2D eigenvalue weighted by atomic mass is 9.64. The van der Waals surface area contributed by atoms with Gasteiger partial charge in [0, 0.05) is 24.6 Å². The summed E-state index contributed by atoms with van der Waals surface area (Å²) < 4.78 is 13.4. The highest BCUT2D eigenvalue weighted by atomic mass is 35.5. The molecular weight excluding hydrogens is 237 g/mol. The number of Topliss-reactive ketones (excluding diaryl/α,β-unsaturated/α-hetero) is 1. The third-order valence-electron chi connectivity index (χ3n) is 2.73. The molecule has 0 spiro atoms. The average Bonchev–Trinajstić information content (AvgIpc) is 2.16. The topological polar surface area (TPSA) is 67.3 Å². The molecule has 6 heteroatoms. The van der Waals surface area contributed by atoms with Gasteiger partial charge in [0.15, 0.2) is 0 Å². The number of carboxylic acids is 1. The Kier molecular flexibility index (Phi) is 2.42. The van der Waals surface area contributed by atoms with Crippen LogP contribution in [0.15, 0.2) is 12.3 Å². The molecule has 1 heterocycles. The maximum atomic E-state index is 13.4. The summed E-state index contributed by atoms with van der Waals surface area (Å²) in [4.78, 5) is 25.4. The lowest BCUT2D eigenvalue weighted by Gasteiger charge is -2.36. The van der Waals surface area contributed by atoms with Crippen LogP contribution in [0.4, 0.5) is 4.39 Å². The fourth-order valence-electron chi connectivity index (χ4n) is 1.84. The minimum absolute atomic E-state index is 0.118. The molecule has 0 bridgehead atoms. The number of carboxylic acid groups (broad SMARTS) is 1. The molecule has 4 nitrogen and oxygen atoms in total. The van der Waals surface area contributed by atoms with Gasteiger partial charge in [-0.05, 0) is 6.07 Å². The number of nitrogens with zero attached hydrogens (tertiary/aromatic N) is 1. The predicted octanol–water partition coefficient (Wildman–Crippen LogP) is 1.56. The van der Waals surface area contributed by atoms with E-state index in [2.05, 4.69) is 4.98 Å². The van der Waals surface area contributed by atoms with E-state index >= 15 is 0 Å². The zero-order valence-electron chi connectivity index (χ0n) is 8.04. The number of halogens is 2. The highest BCUT2D eigenvalue weighted by Crippen LogP contribution is 2.42. The molecule has 0 radical (unpaired) electrons. The van der Waals surface area contributed by atoms with E-state index in [4.69, 9.17) is 16.7 Å². The highest BCUT2D eigenvalue weighted by molar-refractivity contribution is 6.30. The van der Waals surface area contributed by atoms with Crippen LogP contribution in [0.3, 0.4) is 0 Å². The van der Waals surface area contributed by atoms with Crippen molar-refractivity contribution < 1.29 is 19.1 Å². The number of hydrogen-bond donors (Lipinski definition) is 1. The van der Waals surface area contributed by atoms with Gasteiger partial charge >= 0.3 is 5.97 Å². The van der Waals surface area contributed by atoms with Crippen LogP contribution in [0, 0.1) is 5.95 Å². The van der Waals surface area contributed by atoms with Crippen molar-refractivity contribution in [2.24, 2.45) is 0 Å². The van der Waals surface area contributed by atoms with Crippen LogP contribution in [0.25, 0.3) is 0 Å². The first-order chi connectivity index (χ1) is 7.45. The second kappa shape index (κ2) is 3.52. The molecule has 0 aromatic carbocycles. The Labute approximate surface area is 95.1 Å². The summed E-state index contributed by atoms with van der Waals surface area (Å²) in [6.45, 7) is 0. The minimum atomic E-state index is -1.49. The Morgan fingerprint density at radius 1 is 1.56 bits per heavy atom. The fourth-order valence-corrected chi connectivity index (χ4v) is 1.99. The van der Waals surface area contributed by atoms with Crippen molar-refractivity contribution in [1.82, 2.24) is 4.98 Å². The zero-order chi connectivity index (χ0) is 11.9. The van der Waals surface area contributed by atoms with Gasteiger partial charge in [-0.2, -0.15) is 4.39 Å². The van der Waals surface area contributed by atoms with E-state index in [1.54, 1.807) is 0 Å². The van der Waals surface area contributed by atoms with Crippen LogP contribution < -0.4 is 0 Å². The van der Waals surface area contributed by atoms with Gasteiger partial charge in [-0.25, -0.2) is 4.98 Å². The number of carbonyl (C=O) groups excluding carboxylic acids is 1. The van der Waals surface area contributed by atoms with Crippen molar-refractivity contribution in [3.8, 4) is 0 Å². The fraction of sp³-hybridized carbons (Fsp3) is 0.300. The average molecular weight is 244 g/mol. The molecule has 1 aliphatic carbocycles. The minimum Gasteiger partial charge on any atom is -0.481 e. The first kappa shape index (κ1) is 11.0. The van der Waals surface area contributed by atoms with E-state index in [-0.39, 0.29) is 29.2 Å². The van der Waals surface area contributed by atoms with Crippen LogP contribution in [-0.4, -0.2) is 21.8 Å². The lowest BCUT2D eigenvalue weighted by Crippen LogP contribution is -2.49. The smallest absolute Gasteiger partial charge is 0.315 e. The van der Waals surface area contributed by atoms with Crippen LogP contribution >= 0.6 is 11.6 Å². The van der Waals surface area contributed by atoms with Gasteiger partial charge in [0.2, 0.25) is 5.95 Å². The Hall–Kier alpha value is -1.49. The van der Waals surface area contributed by atoms with Crippen LogP contribution in [-0.2, 0) is 15.0 Å². The van der Waals surface area contributed by atoms with Crippen LogP contribution in [0.1, 0.15) is 18.4 Å². The largest absolute Gasteiger partial charge is 0.481 e. The lowest BCUT2D eigenvalue weighted by molar-refractivity contribution is -0.153. The van der Waals surface area contributed by atoms with Gasteiger partial charge < -0.3 is 5.11 Å². The molecule has 1 aliphatic rings. The Morgan fingerprint density at radius 2 is 2.19 bits per heavy atom. The molecule has 84 valence electrons. The Balaban J connectivity index is 2.52. The third kappa shape index (κ3) is 1.48. The number of rotatable bonds is 2. The number of pyridine rings is 1. The molecule has 16 heavy (non-hydrogen) atoms. The molecule has 0 amide bonds. The standard InChI is InChI=1S/C10H7ClFNO3/c11-5-1-7(8(12)13-4-5)10(9(15)16)2-6(14)3-10/h1,4H,2-3H2,(H,15,16). The third-order valence-corrected chi connectivity index (χ3v) is 2.94. The summed E-state index contributed by atoms with van der Waals surface area (Å²) in [6, 6.07) is 1.21. The van der Waals surface area contributed by atoms with Crippen molar-refractivity contribution in [3.63, 3.8) is 0 Å². The Morgan fingerprint density at radius 3 is 2.69 bits per heavy atom. The van der Waals surface area contributed by atoms with E-state index in [0.29, 0.717) is 0 Å². The highest BCUT2D eigenvalue weighted by Gasteiger charge is 2.53. The van der Waals surface area contributed by atoms with Gasteiger partial charge in [0.05, 0.1) is 5.02 Å².